The predicted octanol–water partition coefficient (Wildman–Crippen LogP) is 4.91. The predicted molar refractivity (Wildman–Crippen MR) is 97.5 cm³/mol. The Kier molecular flexibility index (Phi) is 4.53. The largest absolute Gasteiger partial charge is 0.462 e. The lowest BCUT2D eigenvalue weighted by Crippen LogP contribution is -2.06. The zero-order valence-corrected chi connectivity index (χ0v) is 15.1. The van der Waals surface area contributed by atoms with Gasteiger partial charge in [-0.3, -0.25) is 0 Å². The van der Waals surface area contributed by atoms with E-state index < -0.39 is 0 Å². The van der Waals surface area contributed by atoms with Crippen molar-refractivity contribution in [2.75, 3.05) is 6.61 Å². The number of carbonyl (C=O) groups is 1. The molecule has 0 saturated carbocycles. The first-order valence-corrected chi connectivity index (χ1v) is 8.78. The first-order chi connectivity index (χ1) is 11.5. The number of thiazole rings is 1. The van der Waals surface area contributed by atoms with Crippen LogP contribution >= 0.6 is 11.3 Å². The Morgan fingerprint density at radius 1 is 1.21 bits per heavy atom. The molecule has 0 aliphatic carbocycles. The van der Waals surface area contributed by atoms with Crippen molar-refractivity contribution in [1.29, 1.82) is 0 Å². The van der Waals surface area contributed by atoms with Crippen LogP contribution in [0.25, 0.3) is 22.0 Å². The third kappa shape index (κ3) is 2.99. The Morgan fingerprint density at radius 2 is 1.92 bits per heavy atom. The highest BCUT2D eigenvalue weighted by Crippen LogP contribution is 2.32. The fraction of sp³-hybridized carbons (Fsp3) is 0.263. The van der Waals surface area contributed by atoms with Gasteiger partial charge in [-0.05, 0) is 33.3 Å². The van der Waals surface area contributed by atoms with Crippen molar-refractivity contribution in [2.45, 2.75) is 27.7 Å². The molecule has 124 valence electrons. The number of nitrogens with one attached hydrogen (secondary N) is 1. The zero-order valence-electron chi connectivity index (χ0n) is 14.3. The van der Waals surface area contributed by atoms with E-state index in [-0.39, 0.29) is 5.97 Å². The molecule has 0 aliphatic heterocycles. The Labute approximate surface area is 145 Å². The van der Waals surface area contributed by atoms with E-state index in [0.29, 0.717) is 12.2 Å². The standard InChI is InChI=1S/C19H20N2O2S/c1-5-23-19(22)16-12(3)17(20-13(16)4)15-10-24-18(21-15)14-8-6-11(2)7-9-14/h6-10,20H,5H2,1-4H3. The quantitative estimate of drug-likeness (QED) is 0.687. The van der Waals surface area contributed by atoms with Crippen LogP contribution in [0.2, 0.25) is 0 Å². The van der Waals surface area contributed by atoms with E-state index in [1.165, 1.54) is 5.56 Å². The van der Waals surface area contributed by atoms with Crippen molar-refractivity contribution in [2.24, 2.45) is 0 Å². The van der Waals surface area contributed by atoms with Crippen LogP contribution in [-0.4, -0.2) is 22.5 Å². The van der Waals surface area contributed by atoms with Crippen LogP contribution in [0.1, 0.15) is 34.1 Å². The Morgan fingerprint density at radius 3 is 2.58 bits per heavy atom. The summed E-state index contributed by atoms with van der Waals surface area (Å²) in [5, 5.41) is 2.98. The van der Waals surface area contributed by atoms with Gasteiger partial charge < -0.3 is 9.72 Å². The summed E-state index contributed by atoms with van der Waals surface area (Å²) in [4.78, 5) is 20.2. The van der Waals surface area contributed by atoms with E-state index in [1.807, 2.05) is 26.2 Å². The van der Waals surface area contributed by atoms with Gasteiger partial charge in [0, 0.05) is 16.6 Å². The summed E-state index contributed by atoms with van der Waals surface area (Å²) in [6, 6.07) is 8.32. The number of hydrogen-bond acceptors (Lipinski definition) is 4. The van der Waals surface area contributed by atoms with Gasteiger partial charge in [-0.15, -0.1) is 11.3 Å². The van der Waals surface area contributed by atoms with Crippen molar-refractivity contribution in [3.8, 4) is 22.0 Å². The highest BCUT2D eigenvalue weighted by atomic mass is 32.1. The number of hydrogen-bond donors (Lipinski definition) is 1. The second-order valence-corrected chi connectivity index (χ2v) is 6.61. The molecule has 3 rings (SSSR count). The molecule has 2 aromatic heterocycles. The lowest BCUT2D eigenvalue weighted by Gasteiger charge is -2.02. The number of aryl methyl sites for hydroxylation is 2. The summed E-state index contributed by atoms with van der Waals surface area (Å²) in [5.74, 6) is -0.288. The minimum absolute atomic E-state index is 0.288. The van der Waals surface area contributed by atoms with E-state index >= 15 is 0 Å². The summed E-state index contributed by atoms with van der Waals surface area (Å²) in [6.07, 6.45) is 0. The molecule has 0 spiro atoms. The zero-order chi connectivity index (χ0) is 17.3. The molecule has 0 saturated heterocycles. The van der Waals surface area contributed by atoms with Crippen LogP contribution < -0.4 is 0 Å². The summed E-state index contributed by atoms with van der Waals surface area (Å²) in [5.41, 5.74) is 6.36. The van der Waals surface area contributed by atoms with Crippen molar-refractivity contribution in [3.05, 3.63) is 52.0 Å². The molecule has 5 heteroatoms. The number of nitrogens with zero attached hydrogens (tertiary/aromatic N) is 1. The Balaban J connectivity index is 1.97. The average Bonchev–Trinajstić information content (AvgIpc) is 3.13. The molecule has 3 aromatic rings. The average molecular weight is 340 g/mol. The Hall–Kier alpha value is -2.40. The summed E-state index contributed by atoms with van der Waals surface area (Å²) in [7, 11) is 0. The third-order valence-electron chi connectivity index (χ3n) is 3.98. The van der Waals surface area contributed by atoms with Gasteiger partial charge in [-0.1, -0.05) is 29.8 Å². The molecular weight excluding hydrogens is 320 g/mol. The second kappa shape index (κ2) is 6.61. The van der Waals surface area contributed by atoms with Gasteiger partial charge in [0.2, 0.25) is 0 Å². The van der Waals surface area contributed by atoms with Crippen LogP contribution in [0.15, 0.2) is 29.6 Å². The number of carbonyl (C=O) groups excluding carboxylic acids is 1. The van der Waals surface area contributed by atoms with Crippen LogP contribution in [-0.2, 0) is 4.74 Å². The second-order valence-electron chi connectivity index (χ2n) is 5.75. The first-order valence-electron chi connectivity index (χ1n) is 7.90. The number of H-pyrrole nitrogens is 1. The third-order valence-corrected chi connectivity index (χ3v) is 4.87. The molecule has 2 heterocycles. The number of rotatable bonds is 4. The van der Waals surface area contributed by atoms with Crippen molar-refractivity contribution < 1.29 is 9.53 Å². The first kappa shape index (κ1) is 16.5. The van der Waals surface area contributed by atoms with Gasteiger partial charge in [-0.25, -0.2) is 9.78 Å². The van der Waals surface area contributed by atoms with E-state index in [2.05, 4.69) is 36.2 Å². The van der Waals surface area contributed by atoms with Gasteiger partial charge in [-0.2, -0.15) is 0 Å². The van der Waals surface area contributed by atoms with E-state index in [0.717, 1.165) is 33.2 Å². The van der Waals surface area contributed by atoms with Crippen LogP contribution in [0, 0.1) is 20.8 Å². The number of esters is 1. The maximum absolute atomic E-state index is 12.1. The maximum Gasteiger partial charge on any atom is 0.340 e. The van der Waals surface area contributed by atoms with Gasteiger partial charge in [0.05, 0.1) is 23.6 Å². The molecule has 0 fully saturated rings. The highest BCUT2D eigenvalue weighted by Gasteiger charge is 2.21. The molecule has 0 atom stereocenters. The monoisotopic (exact) mass is 340 g/mol. The van der Waals surface area contributed by atoms with Crippen molar-refractivity contribution >= 4 is 17.3 Å². The molecule has 0 aliphatic rings. The fourth-order valence-corrected chi connectivity index (χ4v) is 3.55. The van der Waals surface area contributed by atoms with Crippen molar-refractivity contribution in [3.63, 3.8) is 0 Å². The number of ether oxygens (including phenoxy) is 1. The molecule has 0 amide bonds. The normalized spacial score (nSPS) is 10.8. The summed E-state index contributed by atoms with van der Waals surface area (Å²) < 4.78 is 5.15. The minimum atomic E-state index is -0.288. The molecule has 4 nitrogen and oxygen atoms in total. The van der Waals surface area contributed by atoms with E-state index in [9.17, 15) is 4.79 Å². The van der Waals surface area contributed by atoms with Crippen molar-refractivity contribution in [1.82, 2.24) is 9.97 Å². The fourth-order valence-electron chi connectivity index (χ4n) is 2.73. The SMILES string of the molecule is CCOC(=O)c1c(C)[nH]c(-c2csc(-c3ccc(C)cc3)n2)c1C. The highest BCUT2D eigenvalue weighted by molar-refractivity contribution is 7.13. The molecule has 0 unspecified atom stereocenters. The summed E-state index contributed by atoms with van der Waals surface area (Å²) in [6.45, 7) is 8.06. The van der Waals surface area contributed by atoms with Gasteiger partial charge in [0.25, 0.3) is 0 Å². The molecule has 1 aromatic carbocycles. The lowest BCUT2D eigenvalue weighted by molar-refractivity contribution is 0.0525. The van der Waals surface area contributed by atoms with Gasteiger partial charge >= 0.3 is 5.97 Å². The molecule has 0 bridgehead atoms. The Bertz CT molecular complexity index is 875. The number of aromatic amines is 1. The van der Waals surface area contributed by atoms with Gasteiger partial charge in [0.15, 0.2) is 0 Å². The smallest absolute Gasteiger partial charge is 0.340 e. The van der Waals surface area contributed by atoms with Crippen LogP contribution in [0.5, 0.6) is 0 Å². The number of aromatic nitrogens is 2. The van der Waals surface area contributed by atoms with Crippen LogP contribution in [0.3, 0.4) is 0 Å². The molecular formula is C19H20N2O2S. The van der Waals surface area contributed by atoms with Gasteiger partial charge in [0.1, 0.15) is 5.01 Å². The topological polar surface area (TPSA) is 55.0 Å². The summed E-state index contributed by atoms with van der Waals surface area (Å²) >= 11 is 1.60. The molecule has 24 heavy (non-hydrogen) atoms. The minimum Gasteiger partial charge on any atom is -0.462 e. The molecule has 1 N–H and O–H groups in total. The van der Waals surface area contributed by atoms with E-state index in [4.69, 9.17) is 9.72 Å². The van der Waals surface area contributed by atoms with Crippen LogP contribution in [0.4, 0.5) is 0 Å². The maximum atomic E-state index is 12.1. The number of benzene rings is 1. The lowest BCUT2D eigenvalue weighted by atomic mass is 10.1. The van der Waals surface area contributed by atoms with E-state index in [1.54, 1.807) is 11.3 Å². The molecule has 0 radical (unpaired) electrons.